The monoisotopic (exact) mass is 295 g/mol. The first-order valence-corrected chi connectivity index (χ1v) is 6.63. The molecule has 110 valence electrons. The summed E-state index contributed by atoms with van der Waals surface area (Å²) in [4.78, 5) is 23.8. The summed E-state index contributed by atoms with van der Waals surface area (Å²) in [7, 11) is 0. The number of H-pyrrole nitrogens is 1. The lowest BCUT2D eigenvalue weighted by Crippen LogP contribution is -2.26. The Bertz CT molecular complexity index is 827. The van der Waals surface area contributed by atoms with Gasteiger partial charge in [-0.15, -0.1) is 0 Å². The van der Waals surface area contributed by atoms with Gasteiger partial charge >= 0.3 is 5.97 Å². The van der Waals surface area contributed by atoms with Gasteiger partial charge in [0.1, 0.15) is 0 Å². The molecular weight excluding hydrogens is 282 g/mol. The second-order valence-electron chi connectivity index (χ2n) is 4.77. The fourth-order valence-corrected chi connectivity index (χ4v) is 2.16. The van der Waals surface area contributed by atoms with E-state index in [1.807, 2.05) is 0 Å². The number of nitrogens with zero attached hydrogens (tertiary/aromatic N) is 1. The number of aromatic nitrogens is 2. The van der Waals surface area contributed by atoms with Crippen molar-refractivity contribution in [3.05, 3.63) is 65.9 Å². The minimum Gasteiger partial charge on any atom is -0.444 e. The lowest BCUT2D eigenvalue weighted by molar-refractivity contribution is -0.127. The van der Waals surface area contributed by atoms with Gasteiger partial charge in [-0.05, 0) is 12.1 Å². The predicted octanol–water partition coefficient (Wildman–Crippen LogP) is 1.95. The van der Waals surface area contributed by atoms with Crippen molar-refractivity contribution in [2.24, 2.45) is 5.73 Å². The standard InChI is InChI=1S/C16H13N3O3/c17-15(20)14(10-4-2-1-3-5-10)22-16(21)11-6-7-12-9-18-19-13(12)8-11/h1-9,14H,(H2,17,20)(H,18,19). The van der Waals surface area contributed by atoms with Gasteiger partial charge < -0.3 is 10.5 Å². The molecule has 0 fully saturated rings. The first kappa shape index (κ1) is 13.8. The largest absolute Gasteiger partial charge is 0.444 e. The topological polar surface area (TPSA) is 98.1 Å². The summed E-state index contributed by atoms with van der Waals surface area (Å²) in [5.41, 5.74) is 6.90. The molecule has 0 spiro atoms. The number of hydrogen-bond acceptors (Lipinski definition) is 4. The number of aromatic amines is 1. The minimum atomic E-state index is -1.12. The van der Waals surface area contributed by atoms with E-state index in [4.69, 9.17) is 10.5 Å². The number of benzene rings is 2. The zero-order valence-electron chi connectivity index (χ0n) is 11.5. The number of carbonyl (C=O) groups is 2. The number of carbonyl (C=O) groups excluding carboxylic acids is 2. The molecule has 0 radical (unpaired) electrons. The van der Waals surface area contributed by atoms with Gasteiger partial charge in [0.05, 0.1) is 17.3 Å². The number of nitrogens with one attached hydrogen (secondary N) is 1. The Morgan fingerprint density at radius 2 is 1.91 bits per heavy atom. The molecular formula is C16H13N3O3. The average Bonchev–Trinajstić information content (AvgIpc) is 3.00. The molecule has 1 atom stereocenters. The van der Waals surface area contributed by atoms with Crippen LogP contribution >= 0.6 is 0 Å². The molecule has 2 aromatic carbocycles. The zero-order chi connectivity index (χ0) is 15.5. The van der Waals surface area contributed by atoms with Gasteiger partial charge in [-0.1, -0.05) is 36.4 Å². The molecule has 1 amide bonds. The van der Waals surface area contributed by atoms with Crippen molar-refractivity contribution in [3.8, 4) is 0 Å². The van der Waals surface area contributed by atoms with Crippen LogP contribution in [0, 0.1) is 0 Å². The molecule has 0 aliphatic heterocycles. The summed E-state index contributed by atoms with van der Waals surface area (Å²) >= 11 is 0. The van der Waals surface area contributed by atoms with E-state index in [0.29, 0.717) is 16.6 Å². The molecule has 6 heteroatoms. The van der Waals surface area contributed by atoms with Crippen LogP contribution in [0.1, 0.15) is 22.0 Å². The number of rotatable bonds is 4. The van der Waals surface area contributed by atoms with Crippen molar-refractivity contribution in [2.45, 2.75) is 6.10 Å². The van der Waals surface area contributed by atoms with Crippen LogP contribution in [0.25, 0.3) is 10.9 Å². The van der Waals surface area contributed by atoms with E-state index in [9.17, 15) is 9.59 Å². The number of primary amides is 1. The average molecular weight is 295 g/mol. The molecule has 1 aromatic heterocycles. The van der Waals surface area contributed by atoms with Crippen molar-refractivity contribution in [3.63, 3.8) is 0 Å². The van der Waals surface area contributed by atoms with Gasteiger partial charge in [-0.25, -0.2) is 4.79 Å². The van der Waals surface area contributed by atoms with E-state index < -0.39 is 18.0 Å². The third-order valence-corrected chi connectivity index (χ3v) is 3.26. The quantitative estimate of drug-likeness (QED) is 0.719. The maximum absolute atomic E-state index is 12.2. The molecule has 1 unspecified atom stereocenters. The number of esters is 1. The van der Waals surface area contributed by atoms with Crippen LogP contribution < -0.4 is 5.73 Å². The molecule has 0 aliphatic rings. The second kappa shape index (κ2) is 5.69. The SMILES string of the molecule is NC(=O)C(OC(=O)c1ccc2cn[nH]c2c1)c1ccccc1. The van der Waals surface area contributed by atoms with Crippen molar-refractivity contribution in [2.75, 3.05) is 0 Å². The zero-order valence-corrected chi connectivity index (χ0v) is 11.5. The third-order valence-electron chi connectivity index (χ3n) is 3.26. The summed E-state index contributed by atoms with van der Waals surface area (Å²) in [6, 6.07) is 13.6. The van der Waals surface area contributed by atoms with Crippen LogP contribution in [0.15, 0.2) is 54.7 Å². The Labute approximate surface area is 125 Å². The number of hydrogen-bond donors (Lipinski definition) is 2. The molecule has 6 nitrogen and oxygen atoms in total. The molecule has 0 saturated carbocycles. The second-order valence-corrected chi connectivity index (χ2v) is 4.77. The van der Waals surface area contributed by atoms with Crippen LogP contribution in [-0.2, 0) is 9.53 Å². The third kappa shape index (κ3) is 2.67. The van der Waals surface area contributed by atoms with E-state index in [2.05, 4.69) is 10.2 Å². The molecule has 1 heterocycles. The molecule has 0 saturated heterocycles. The summed E-state index contributed by atoms with van der Waals surface area (Å²) < 4.78 is 5.26. The number of nitrogens with two attached hydrogens (primary N) is 1. The van der Waals surface area contributed by atoms with Crippen molar-refractivity contribution in [1.29, 1.82) is 0 Å². The summed E-state index contributed by atoms with van der Waals surface area (Å²) in [6.07, 6.45) is 0.534. The van der Waals surface area contributed by atoms with E-state index in [0.717, 1.165) is 5.39 Å². The van der Waals surface area contributed by atoms with Gasteiger partial charge in [0.15, 0.2) is 0 Å². The maximum Gasteiger partial charge on any atom is 0.339 e. The Balaban J connectivity index is 1.86. The number of ether oxygens (including phenoxy) is 1. The summed E-state index contributed by atoms with van der Waals surface area (Å²) in [6.45, 7) is 0. The smallest absolute Gasteiger partial charge is 0.339 e. The fraction of sp³-hybridized carbons (Fsp3) is 0.0625. The van der Waals surface area contributed by atoms with Gasteiger partial charge in [0, 0.05) is 10.9 Å². The van der Waals surface area contributed by atoms with Gasteiger partial charge in [0.25, 0.3) is 5.91 Å². The normalized spacial score (nSPS) is 12.0. The lowest BCUT2D eigenvalue weighted by atomic mass is 10.1. The highest BCUT2D eigenvalue weighted by atomic mass is 16.5. The van der Waals surface area contributed by atoms with Crippen LogP contribution in [0.5, 0.6) is 0 Å². The number of amides is 1. The van der Waals surface area contributed by atoms with Gasteiger partial charge in [0.2, 0.25) is 6.10 Å². The van der Waals surface area contributed by atoms with Crippen LogP contribution in [0.4, 0.5) is 0 Å². The molecule has 0 aliphatic carbocycles. The molecule has 3 aromatic rings. The van der Waals surface area contributed by atoms with Crippen LogP contribution in [0.3, 0.4) is 0 Å². The Kier molecular flexibility index (Phi) is 3.57. The van der Waals surface area contributed by atoms with E-state index in [1.165, 1.54) is 0 Å². The Morgan fingerprint density at radius 1 is 1.14 bits per heavy atom. The highest BCUT2D eigenvalue weighted by molar-refractivity contribution is 5.95. The van der Waals surface area contributed by atoms with Crippen molar-refractivity contribution in [1.82, 2.24) is 10.2 Å². The van der Waals surface area contributed by atoms with E-state index in [1.54, 1.807) is 54.7 Å². The molecule has 3 rings (SSSR count). The predicted molar refractivity (Wildman–Crippen MR) is 79.9 cm³/mol. The molecule has 3 N–H and O–H groups in total. The van der Waals surface area contributed by atoms with Crippen LogP contribution in [-0.4, -0.2) is 22.1 Å². The lowest BCUT2D eigenvalue weighted by Gasteiger charge is -2.15. The Hall–Kier alpha value is -3.15. The first-order valence-electron chi connectivity index (χ1n) is 6.63. The summed E-state index contributed by atoms with van der Waals surface area (Å²) in [5.74, 6) is -1.34. The van der Waals surface area contributed by atoms with Gasteiger partial charge in [-0.3, -0.25) is 9.89 Å². The maximum atomic E-state index is 12.2. The van der Waals surface area contributed by atoms with Crippen LogP contribution in [0.2, 0.25) is 0 Å². The van der Waals surface area contributed by atoms with Crippen molar-refractivity contribution < 1.29 is 14.3 Å². The fourth-order valence-electron chi connectivity index (χ4n) is 2.16. The van der Waals surface area contributed by atoms with Crippen molar-refractivity contribution >= 4 is 22.8 Å². The minimum absolute atomic E-state index is 0.318. The summed E-state index contributed by atoms with van der Waals surface area (Å²) in [5, 5.41) is 7.54. The molecule has 0 bridgehead atoms. The highest BCUT2D eigenvalue weighted by Gasteiger charge is 2.23. The first-order chi connectivity index (χ1) is 10.6. The molecule has 22 heavy (non-hydrogen) atoms. The van der Waals surface area contributed by atoms with E-state index >= 15 is 0 Å². The number of fused-ring (bicyclic) bond motifs is 1. The van der Waals surface area contributed by atoms with E-state index in [-0.39, 0.29) is 0 Å². The highest BCUT2D eigenvalue weighted by Crippen LogP contribution is 2.20. The Morgan fingerprint density at radius 3 is 2.64 bits per heavy atom. The van der Waals surface area contributed by atoms with Gasteiger partial charge in [-0.2, -0.15) is 5.10 Å².